The minimum atomic E-state index is -1.11. The van der Waals surface area contributed by atoms with E-state index >= 15 is 0 Å². The Hall–Kier alpha value is -1.65. The summed E-state index contributed by atoms with van der Waals surface area (Å²) in [6.45, 7) is 0. The van der Waals surface area contributed by atoms with E-state index in [9.17, 15) is 13.6 Å². The van der Waals surface area contributed by atoms with E-state index in [-0.39, 0.29) is 17.7 Å². The van der Waals surface area contributed by atoms with Gasteiger partial charge in [-0.15, -0.1) is 0 Å². The van der Waals surface area contributed by atoms with Gasteiger partial charge in [0.05, 0.1) is 5.69 Å². The first-order chi connectivity index (χ1) is 6.59. The third kappa shape index (κ3) is 1.21. The Morgan fingerprint density at radius 2 is 2.07 bits per heavy atom. The Morgan fingerprint density at radius 1 is 1.43 bits per heavy atom. The van der Waals surface area contributed by atoms with Crippen molar-refractivity contribution >= 4 is 11.7 Å². The van der Waals surface area contributed by atoms with Crippen LogP contribution in [0, 0.1) is 11.6 Å². The van der Waals surface area contributed by atoms with Crippen LogP contribution in [-0.2, 0) is 11.2 Å². The number of carboxylic acid groups (broad SMARTS) is 1. The van der Waals surface area contributed by atoms with Crippen molar-refractivity contribution in [3.05, 3.63) is 29.3 Å². The van der Waals surface area contributed by atoms with E-state index < -0.39 is 23.6 Å². The van der Waals surface area contributed by atoms with Crippen molar-refractivity contribution in [3.8, 4) is 0 Å². The highest BCUT2D eigenvalue weighted by Crippen LogP contribution is 2.30. The van der Waals surface area contributed by atoms with Crippen LogP contribution in [-0.4, -0.2) is 17.1 Å². The maximum Gasteiger partial charge on any atom is 0.326 e. The summed E-state index contributed by atoms with van der Waals surface area (Å²) in [5.74, 6) is -2.30. The summed E-state index contributed by atoms with van der Waals surface area (Å²) in [6, 6.07) is 1.04. The number of aliphatic carboxylic acids is 1. The molecule has 1 aromatic carbocycles. The number of hydrogen-bond acceptors (Lipinski definition) is 2. The van der Waals surface area contributed by atoms with Crippen molar-refractivity contribution in [2.24, 2.45) is 0 Å². The lowest BCUT2D eigenvalue weighted by Crippen LogP contribution is -2.26. The van der Waals surface area contributed by atoms with E-state index in [0.29, 0.717) is 0 Å². The predicted molar refractivity (Wildman–Crippen MR) is 45.1 cm³/mol. The van der Waals surface area contributed by atoms with Crippen LogP contribution in [0.5, 0.6) is 0 Å². The summed E-state index contributed by atoms with van der Waals surface area (Å²) in [5.41, 5.74) is 0.0785. The molecule has 0 fully saturated rings. The van der Waals surface area contributed by atoms with E-state index in [1.54, 1.807) is 0 Å². The van der Waals surface area contributed by atoms with Crippen molar-refractivity contribution in [1.82, 2.24) is 0 Å². The van der Waals surface area contributed by atoms with Gasteiger partial charge in [0, 0.05) is 12.0 Å². The number of benzene rings is 1. The number of halogens is 2. The van der Waals surface area contributed by atoms with Crippen molar-refractivity contribution < 1.29 is 18.7 Å². The summed E-state index contributed by atoms with van der Waals surface area (Å²) >= 11 is 0. The smallest absolute Gasteiger partial charge is 0.326 e. The number of nitrogens with one attached hydrogen (secondary N) is 1. The first-order valence-electron chi connectivity index (χ1n) is 4.06. The molecule has 1 aliphatic heterocycles. The third-order valence-electron chi connectivity index (χ3n) is 2.23. The van der Waals surface area contributed by atoms with Gasteiger partial charge in [0.25, 0.3) is 0 Å². The van der Waals surface area contributed by atoms with E-state index in [1.807, 2.05) is 0 Å². The molecule has 1 aromatic rings. The molecule has 0 spiro atoms. The number of carboxylic acids is 1. The Balaban J connectivity index is 2.43. The van der Waals surface area contributed by atoms with Gasteiger partial charge in [-0.1, -0.05) is 0 Å². The highest BCUT2D eigenvalue weighted by Gasteiger charge is 2.30. The maximum absolute atomic E-state index is 13.1. The number of rotatable bonds is 1. The first kappa shape index (κ1) is 8.93. The fourth-order valence-corrected chi connectivity index (χ4v) is 1.53. The van der Waals surface area contributed by atoms with Gasteiger partial charge in [-0.2, -0.15) is 0 Å². The quantitative estimate of drug-likeness (QED) is 0.718. The van der Waals surface area contributed by atoms with Crippen LogP contribution in [0.2, 0.25) is 0 Å². The average Bonchev–Trinajstić information content (AvgIpc) is 2.57. The predicted octanol–water partition coefficient (Wildman–Crippen LogP) is 1.39. The van der Waals surface area contributed by atoms with Gasteiger partial charge in [0.1, 0.15) is 17.7 Å². The van der Waals surface area contributed by atoms with Crippen molar-refractivity contribution in [1.29, 1.82) is 0 Å². The molecule has 74 valence electrons. The number of anilines is 1. The van der Waals surface area contributed by atoms with Crippen LogP contribution in [0.15, 0.2) is 12.1 Å². The molecule has 1 aliphatic rings. The van der Waals surface area contributed by atoms with Gasteiger partial charge in [-0.25, -0.2) is 13.6 Å². The molecule has 0 saturated heterocycles. The minimum Gasteiger partial charge on any atom is -0.480 e. The van der Waals surface area contributed by atoms with Crippen molar-refractivity contribution in [2.45, 2.75) is 12.5 Å². The largest absolute Gasteiger partial charge is 0.480 e. The molecule has 5 heteroatoms. The molecule has 0 unspecified atom stereocenters. The van der Waals surface area contributed by atoms with Crippen LogP contribution < -0.4 is 5.32 Å². The second-order valence-electron chi connectivity index (χ2n) is 3.12. The molecule has 1 atom stereocenters. The second kappa shape index (κ2) is 2.94. The zero-order valence-corrected chi connectivity index (χ0v) is 7.05. The summed E-state index contributed by atoms with van der Waals surface area (Å²) in [5, 5.41) is 11.1. The van der Waals surface area contributed by atoms with Crippen LogP contribution in [0.4, 0.5) is 14.5 Å². The Morgan fingerprint density at radius 3 is 2.64 bits per heavy atom. The highest BCUT2D eigenvalue weighted by atomic mass is 19.1. The topological polar surface area (TPSA) is 49.3 Å². The number of carbonyl (C=O) groups is 1. The lowest BCUT2D eigenvalue weighted by Gasteiger charge is -2.04. The first-order valence-corrected chi connectivity index (χ1v) is 4.06. The second-order valence-corrected chi connectivity index (χ2v) is 3.12. The molecule has 0 radical (unpaired) electrons. The van der Waals surface area contributed by atoms with Crippen LogP contribution in [0.1, 0.15) is 5.56 Å². The van der Waals surface area contributed by atoms with Crippen molar-refractivity contribution in [2.75, 3.05) is 5.32 Å². The van der Waals surface area contributed by atoms with Gasteiger partial charge < -0.3 is 10.4 Å². The summed E-state index contributed by atoms with van der Waals surface area (Å²) < 4.78 is 26.2. The maximum atomic E-state index is 13.1. The highest BCUT2D eigenvalue weighted by molar-refractivity contribution is 5.81. The third-order valence-corrected chi connectivity index (χ3v) is 2.23. The molecule has 14 heavy (non-hydrogen) atoms. The van der Waals surface area contributed by atoms with Crippen molar-refractivity contribution in [3.63, 3.8) is 0 Å². The zero-order valence-electron chi connectivity index (χ0n) is 7.05. The molecule has 0 aromatic heterocycles. The Kier molecular flexibility index (Phi) is 1.87. The van der Waals surface area contributed by atoms with E-state index in [2.05, 4.69) is 5.32 Å². The normalized spacial score (nSPS) is 18.9. The fourth-order valence-electron chi connectivity index (χ4n) is 1.53. The summed E-state index contributed by atoms with van der Waals surface area (Å²) in [7, 11) is 0. The van der Waals surface area contributed by atoms with Crippen LogP contribution in [0.3, 0.4) is 0 Å². The lowest BCUT2D eigenvalue weighted by atomic mass is 10.1. The molecule has 2 rings (SSSR count). The van der Waals surface area contributed by atoms with E-state index in [4.69, 9.17) is 5.11 Å². The van der Waals surface area contributed by atoms with Gasteiger partial charge >= 0.3 is 5.97 Å². The Bertz CT molecular complexity index is 375. The zero-order chi connectivity index (χ0) is 10.3. The van der Waals surface area contributed by atoms with Gasteiger partial charge in [-0.3, -0.25) is 0 Å². The molecule has 2 N–H and O–H groups in total. The molecule has 0 aliphatic carbocycles. The van der Waals surface area contributed by atoms with Gasteiger partial charge in [-0.05, 0) is 12.1 Å². The monoisotopic (exact) mass is 199 g/mol. The lowest BCUT2D eigenvalue weighted by molar-refractivity contribution is -0.137. The molecule has 0 bridgehead atoms. The summed E-state index contributed by atoms with van der Waals surface area (Å²) in [4.78, 5) is 10.6. The van der Waals surface area contributed by atoms with E-state index in [0.717, 1.165) is 12.1 Å². The molecule has 3 nitrogen and oxygen atoms in total. The summed E-state index contributed by atoms with van der Waals surface area (Å²) in [6.07, 6.45) is -0.0196. The van der Waals surface area contributed by atoms with E-state index in [1.165, 1.54) is 0 Å². The average molecular weight is 199 g/mol. The SMILES string of the molecule is O=C(O)[C@@H]1Cc2c(F)ccc(F)c2N1. The molecular weight excluding hydrogens is 192 g/mol. The molecule has 0 amide bonds. The number of hydrogen-bond donors (Lipinski definition) is 2. The minimum absolute atomic E-state index is 0.0196. The van der Waals surface area contributed by atoms with Gasteiger partial charge in [0.2, 0.25) is 0 Å². The molecular formula is C9H7F2NO2. The number of fused-ring (bicyclic) bond motifs is 1. The van der Waals surface area contributed by atoms with Crippen LogP contribution in [0.25, 0.3) is 0 Å². The van der Waals surface area contributed by atoms with Gasteiger partial charge in [0.15, 0.2) is 0 Å². The van der Waals surface area contributed by atoms with Crippen LogP contribution >= 0.6 is 0 Å². The molecule has 0 saturated carbocycles. The molecule has 1 heterocycles. The standard InChI is InChI=1S/C9H7F2NO2/c10-5-1-2-6(11)8-4(5)3-7(12-8)9(13)14/h1-2,7,12H,3H2,(H,13,14)/t7-/m0/s1. The Labute approximate surface area is 78.4 Å². The fraction of sp³-hybridized carbons (Fsp3) is 0.222.